The van der Waals surface area contributed by atoms with Crippen molar-refractivity contribution >= 4 is 22.7 Å². The molecule has 60 valence electrons. The second-order valence-corrected chi connectivity index (χ2v) is 3.49. The standard InChI is InChI=1S/C7H7ClO2S.Na/c1-5-2-3-7(11(9)10)6(8)4-5;/h2-4H,1H3,(H,9,10);/q;+1/p-1. The summed E-state index contributed by atoms with van der Waals surface area (Å²) in [6, 6.07) is 4.81. The van der Waals surface area contributed by atoms with Gasteiger partial charge in [-0.1, -0.05) is 17.7 Å². The molecule has 1 aromatic carbocycles. The third-order valence-corrected chi connectivity index (χ3v) is 2.41. The Morgan fingerprint density at radius 1 is 1.50 bits per heavy atom. The summed E-state index contributed by atoms with van der Waals surface area (Å²) in [5.74, 6) is 0. The third kappa shape index (κ3) is 3.17. The zero-order chi connectivity index (χ0) is 8.43. The Hall–Kier alpha value is 0.620. The van der Waals surface area contributed by atoms with Gasteiger partial charge in [0.05, 0.1) is 5.02 Å². The van der Waals surface area contributed by atoms with Crippen LogP contribution in [0.5, 0.6) is 0 Å². The SMILES string of the molecule is Cc1ccc(S(=O)[O-])c(Cl)c1.[Na+]. The molecule has 0 aliphatic rings. The summed E-state index contributed by atoms with van der Waals surface area (Å²) in [6.45, 7) is 1.85. The first-order valence-corrected chi connectivity index (χ1v) is 4.42. The summed E-state index contributed by atoms with van der Waals surface area (Å²) >= 11 is 3.40. The summed E-state index contributed by atoms with van der Waals surface area (Å²) in [5.41, 5.74) is 0.948. The number of aryl methyl sites for hydroxylation is 1. The molecule has 1 unspecified atom stereocenters. The quantitative estimate of drug-likeness (QED) is 0.438. The predicted octanol–water partition coefficient (Wildman–Crippen LogP) is -1.11. The van der Waals surface area contributed by atoms with Crippen LogP contribution in [0.1, 0.15) is 5.56 Å². The Morgan fingerprint density at radius 2 is 2.08 bits per heavy atom. The molecule has 0 radical (unpaired) electrons. The maximum atomic E-state index is 10.4. The molecular weight excluding hydrogens is 207 g/mol. The fourth-order valence-electron chi connectivity index (χ4n) is 0.741. The number of benzene rings is 1. The van der Waals surface area contributed by atoms with Crippen LogP contribution >= 0.6 is 11.6 Å². The van der Waals surface area contributed by atoms with E-state index in [2.05, 4.69) is 0 Å². The molecule has 0 aliphatic heterocycles. The smallest absolute Gasteiger partial charge is 0.768 e. The van der Waals surface area contributed by atoms with E-state index in [0.717, 1.165) is 5.56 Å². The topological polar surface area (TPSA) is 40.1 Å². The van der Waals surface area contributed by atoms with E-state index in [0.29, 0.717) is 0 Å². The largest absolute Gasteiger partial charge is 1.00 e. The molecule has 0 saturated heterocycles. The minimum atomic E-state index is -2.23. The number of rotatable bonds is 1. The van der Waals surface area contributed by atoms with Crippen molar-refractivity contribution in [3.8, 4) is 0 Å². The van der Waals surface area contributed by atoms with Gasteiger partial charge in [-0.3, -0.25) is 4.21 Å². The van der Waals surface area contributed by atoms with Crippen LogP contribution in [0.3, 0.4) is 0 Å². The van der Waals surface area contributed by atoms with Crippen LogP contribution in [0.15, 0.2) is 23.1 Å². The Morgan fingerprint density at radius 3 is 2.50 bits per heavy atom. The van der Waals surface area contributed by atoms with Gasteiger partial charge in [-0.15, -0.1) is 0 Å². The van der Waals surface area contributed by atoms with Gasteiger partial charge in [0.25, 0.3) is 0 Å². The van der Waals surface area contributed by atoms with Gasteiger partial charge in [0.2, 0.25) is 0 Å². The first-order valence-electron chi connectivity index (χ1n) is 2.96. The Bertz CT molecular complexity index is 303. The molecule has 0 amide bonds. The predicted molar refractivity (Wildman–Crippen MR) is 43.4 cm³/mol. The molecule has 1 rings (SSSR count). The molecule has 0 fully saturated rings. The van der Waals surface area contributed by atoms with E-state index in [1.165, 1.54) is 6.07 Å². The van der Waals surface area contributed by atoms with Gasteiger partial charge < -0.3 is 4.55 Å². The van der Waals surface area contributed by atoms with Crippen molar-refractivity contribution in [2.24, 2.45) is 0 Å². The zero-order valence-electron chi connectivity index (χ0n) is 6.83. The van der Waals surface area contributed by atoms with Gasteiger partial charge in [-0.2, -0.15) is 0 Å². The summed E-state index contributed by atoms with van der Waals surface area (Å²) in [4.78, 5) is 0.150. The minimum absolute atomic E-state index is 0. The maximum Gasteiger partial charge on any atom is 1.00 e. The van der Waals surface area contributed by atoms with E-state index in [1.807, 2.05) is 6.92 Å². The summed E-state index contributed by atoms with van der Waals surface area (Å²) in [6.07, 6.45) is 0. The van der Waals surface area contributed by atoms with Crippen LogP contribution in [-0.2, 0) is 11.1 Å². The molecule has 0 aromatic heterocycles. The van der Waals surface area contributed by atoms with Crippen LogP contribution in [-0.4, -0.2) is 8.76 Å². The maximum absolute atomic E-state index is 10.4. The summed E-state index contributed by atoms with van der Waals surface area (Å²) in [5, 5.41) is 0.276. The van der Waals surface area contributed by atoms with Crippen molar-refractivity contribution in [3.05, 3.63) is 28.8 Å². The Labute approximate surface area is 101 Å². The third-order valence-electron chi connectivity index (χ3n) is 1.27. The van der Waals surface area contributed by atoms with Crippen LogP contribution in [0.2, 0.25) is 5.02 Å². The molecule has 0 heterocycles. The van der Waals surface area contributed by atoms with Crippen molar-refractivity contribution in [2.45, 2.75) is 11.8 Å². The zero-order valence-corrected chi connectivity index (χ0v) is 10.4. The second-order valence-electron chi connectivity index (χ2n) is 2.17. The van der Waals surface area contributed by atoms with Gasteiger partial charge in [0.15, 0.2) is 0 Å². The molecule has 0 saturated carbocycles. The fourth-order valence-corrected chi connectivity index (χ4v) is 1.56. The Kier molecular flexibility index (Phi) is 5.65. The molecule has 0 N–H and O–H groups in total. The number of halogens is 1. The second kappa shape index (κ2) is 5.37. The number of hydrogen-bond donors (Lipinski definition) is 0. The van der Waals surface area contributed by atoms with E-state index >= 15 is 0 Å². The van der Waals surface area contributed by atoms with Gasteiger partial charge in [-0.05, 0) is 35.7 Å². The molecule has 0 spiro atoms. The van der Waals surface area contributed by atoms with E-state index in [4.69, 9.17) is 11.6 Å². The molecular formula is C7H6ClNaO2S. The van der Waals surface area contributed by atoms with Gasteiger partial charge in [0, 0.05) is 4.90 Å². The van der Waals surface area contributed by atoms with Crippen LogP contribution in [0, 0.1) is 6.92 Å². The average molecular weight is 213 g/mol. The van der Waals surface area contributed by atoms with Crippen LogP contribution < -0.4 is 29.6 Å². The van der Waals surface area contributed by atoms with Gasteiger partial charge in [-0.25, -0.2) is 0 Å². The minimum Gasteiger partial charge on any atom is -0.768 e. The van der Waals surface area contributed by atoms with E-state index in [9.17, 15) is 8.76 Å². The Balaban J connectivity index is 0.00000121. The average Bonchev–Trinajstić information content (AvgIpc) is 1.85. The molecule has 1 aromatic rings. The molecule has 0 aliphatic carbocycles. The van der Waals surface area contributed by atoms with Gasteiger partial charge >= 0.3 is 29.6 Å². The van der Waals surface area contributed by atoms with Crippen molar-refractivity contribution < 1.29 is 38.3 Å². The first kappa shape index (κ1) is 12.6. The summed E-state index contributed by atoms with van der Waals surface area (Å²) in [7, 11) is 0. The monoisotopic (exact) mass is 212 g/mol. The van der Waals surface area contributed by atoms with Crippen molar-refractivity contribution in [2.75, 3.05) is 0 Å². The first-order chi connectivity index (χ1) is 5.11. The van der Waals surface area contributed by atoms with Crippen molar-refractivity contribution in [1.29, 1.82) is 0 Å². The molecule has 0 bridgehead atoms. The van der Waals surface area contributed by atoms with E-state index < -0.39 is 11.1 Å². The molecule has 1 atom stereocenters. The van der Waals surface area contributed by atoms with Crippen molar-refractivity contribution in [3.63, 3.8) is 0 Å². The molecule has 5 heteroatoms. The number of hydrogen-bond acceptors (Lipinski definition) is 2. The van der Waals surface area contributed by atoms with E-state index in [-0.39, 0.29) is 39.5 Å². The van der Waals surface area contributed by atoms with Crippen molar-refractivity contribution in [1.82, 2.24) is 0 Å². The van der Waals surface area contributed by atoms with E-state index in [1.54, 1.807) is 12.1 Å². The summed E-state index contributed by atoms with van der Waals surface area (Å²) < 4.78 is 20.9. The normalized spacial score (nSPS) is 11.9. The van der Waals surface area contributed by atoms with Crippen LogP contribution in [0.4, 0.5) is 0 Å². The van der Waals surface area contributed by atoms with Crippen LogP contribution in [0.25, 0.3) is 0 Å². The fraction of sp³-hybridized carbons (Fsp3) is 0.143. The molecule has 2 nitrogen and oxygen atoms in total. The molecule has 12 heavy (non-hydrogen) atoms. The van der Waals surface area contributed by atoms with Gasteiger partial charge in [0.1, 0.15) is 0 Å².